The van der Waals surface area contributed by atoms with Crippen molar-refractivity contribution in [1.82, 2.24) is 9.88 Å². The summed E-state index contributed by atoms with van der Waals surface area (Å²) in [5.74, 6) is 1.04. The minimum Gasteiger partial charge on any atom is -0.370 e. The highest BCUT2D eigenvalue weighted by atomic mass is 32.1. The summed E-state index contributed by atoms with van der Waals surface area (Å²) >= 11 is 5.63. The smallest absolute Gasteiger partial charge is 0.173 e. The molecule has 0 radical (unpaired) electrons. The lowest BCUT2D eigenvalue weighted by atomic mass is 9.87. The second-order valence-corrected chi connectivity index (χ2v) is 9.80. The number of thiocarbonyl (C=S) groups is 1. The largest absolute Gasteiger partial charge is 0.370 e. The van der Waals surface area contributed by atoms with Crippen LogP contribution < -0.4 is 10.2 Å². The van der Waals surface area contributed by atoms with E-state index in [4.69, 9.17) is 21.9 Å². The molecule has 2 aliphatic heterocycles. The maximum Gasteiger partial charge on any atom is 0.173 e. The van der Waals surface area contributed by atoms with Gasteiger partial charge in [0.25, 0.3) is 0 Å². The SMILES string of the molecule is CC(C)c1c(C#N)c(N2CCN(C(=S)Nc3ccccc3)CC2)nc2c1COC(C)(C)C2. The van der Waals surface area contributed by atoms with E-state index in [0.717, 1.165) is 66.0 Å². The van der Waals surface area contributed by atoms with Gasteiger partial charge in [-0.25, -0.2) is 4.98 Å². The summed E-state index contributed by atoms with van der Waals surface area (Å²) in [6.45, 7) is 12.1. The van der Waals surface area contributed by atoms with Crippen LogP contribution in [0, 0.1) is 11.3 Å². The molecule has 6 nitrogen and oxygen atoms in total. The predicted molar refractivity (Wildman–Crippen MR) is 132 cm³/mol. The molecule has 0 saturated carbocycles. The average molecular weight is 450 g/mol. The Morgan fingerprint density at radius 2 is 1.88 bits per heavy atom. The van der Waals surface area contributed by atoms with Crippen molar-refractivity contribution >= 4 is 28.8 Å². The molecule has 7 heteroatoms. The van der Waals surface area contributed by atoms with Crippen LogP contribution in [-0.2, 0) is 17.8 Å². The number of nitrogens with zero attached hydrogens (tertiary/aromatic N) is 4. The van der Waals surface area contributed by atoms with Gasteiger partial charge >= 0.3 is 0 Å². The van der Waals surface area contributed by atoms with Crippen molar-refractivity contribution in [2.45, 2.75) is 52.2 Å². The number of ether oxygens (including phenoxy) is 1. The van der Waals surface area contributed by atoms with E-state index in [9.17, 15) is 5.26 Å². The summed E-state index contributed by atoms with van der Waals surface area (Å²) in [6.07, 6.45) is 0.756. The zero-order chi connectivity index (χ0) is 22.9. The highest BCUT2D eigenvalue weighted by Crippen LogP contribution is 2.37. The molecule has 0 spiro atoms. The zero-order valence-corrected chi connectivity index (χ0v) is 20.1. The van der Waals surface area contributed by atoms with Gasteiger partial charge in [-0.2, -0.15) is 5.26 Å². The van der Waals surface area contributed by atoms with Crippen LogP contribution in [0.25, 0.3) is 0 Å². The van der Waals surface area contributed by atoms with Crippen LogP contribution in [0.4, 0.5) is 11.5 Å². The molecule has 0 atom stereocenters. The molecule has 0 amide bonds. The zero-order valence-electron chi connectivity index (χ0n) is 19.3. The quantitative estimate of drug-likeness (QED) is 0.695. The van der Waals surface area contributed by atoms with Gasteiger partial charge in [0, 0.05) is 43.9 Å². The van der Waals surface area contributed by atoms with Gasteiger partial charge in [-0.3, -0.25) is 0 Å². The number of fused-ring (bicyclic) bond motifs is 1. The third kappa shape index (κ3) is 4.57. The Kier molecular flexibility index (Phi) is 6.36. The van der Waals surface area contributed by atoms with Crippen LogP contribution in [0.5, 0.6) is 0 Å². The Morgan fingerprint density at radius 1 is 1.19 bits per heavy atom. The Labute approximate surface area is 196 Å². The average Bonchev–Trinajstić information content (AvgIpc) is 2.77. The third-order valence-electron chi connectivity index (χ3n) is 6.19. The fourth-order valence-electron chi connectivity index (χ4n) is 4.53. The second kappa shape index (κ2) is 9.05. The minimum absolute atomic E-state index is 0.230. The van der Waals surface area contributed by atoms with Gasteiger partial charge in [0.1, 0.15) is 11.9 Å². The predicted octanol–water partition coefficient (Wildman–Crippen LogP) is 4.45. The molecular formula is C25H31N5OS. The van der Waals surface area contributed by atoms with Crippen LogP contribution in [0.2, 0.25) is 0 Å². The molecule has 32 heavy (non-hydrogen) atoms. The van der Waals surface area contributed by atoms with E-state index >= 15 is 0 Å². The summed E-state index contributed by atoms with van der Waals surface area (Å²) < 4.78 is 6.07. The topological polar surface area (TPSA) is 64.4 Å². The molecular weight excluding hydrogens is 418 g/mol. The first-order chi connectivity index (χ1) is 15.3. The van der Waals surface area contributed by atoms with Gasteiger partial charge < -0.3 is 19.9 Å². The molecule has 0 bridgehead atoms. The van der Waals surface area contributed by atoms with Gasteiger partial charge in [-0.1, -0.05) is 32.0 Å². The van der Waals surface area contributed by atoms with Crippen molar-refractivity contribution < 1.29 is 4.74 Å². The maximum atomic E-state index is 10.1. The molecule has 2 aliphatic rings. The van der Waals surface area contributed by atoms with E-state index in [2.05, 4.69) is 48.9 Å². The van der Waals surface area contributed by atoms with Gasteiger partial charge in [-0.05, 0) is 49.7 Å². The summed E-state index contributed by atoms with van der Waals surface area (Å²) in [5.41, 5.74) is 4.71. The molecule has 2 aromatic rings. The monoisotopic (exact) mass is 449 g/mol. The Balaban J connectivity index is 1.56. The van der Waals surface area contributed by atoms with E-state index in [0.29, 0.717) is 12.2 Å². The first-order valence-electron chi connectivity index (χ1n) is 11.2. The highest BCUT2D eigenvalue weighted by molar-refractivity contribution is 7.80. The Morgan fingerprint density at radius 3 is 2.50 bits per heavy atom. The molecule has 0 unspecified atom stereocenters. The molecule has 0 aliphatic carbocycles. The number of anilines is 2. The van der Waals surface area contributed by atoms with Gasteiger partial charge in [0.05, 0.1) is 23.5 Å². The molecule has 1 N–H and O–H groups in total. The molecule has 4 rings (SSSR count). The fraction of sp³-hybridized carbons (Fsp3) is 0.480. The number of para-hydroxylation sites is 1. The molecule has 1 fully saturated rings. The van der Waals surface area contributed by atoms with Crippen LogP contribution >= 0.6 is 12.2 Å². The molecule has 1 saturated heterocycles. The number of nitriles is 1. The lowest BCUT2D eigenvalue weighted by Gasteiger charge is -2.39. The van der Waals surface area contributed by atoms with Gasteiger partial charge in [0.2, 0.25) is 0 Å². The highest BCUT2D eigenvalue weighted by Gasteiger charge is 2.33. The number of piperazine rings is 1. The summed E-state index contributed by atoms with van der Waals surface area (Å²) in [6, 6.07) is 12.5. The van der Waals surface area contributed by atoms with Crippen molar-refractivity contribution in [1.29, 1.82) is 5.26 Å². The number of nitrogens with one attached hydrogen (secondary N) is 1. The van der Waals surface area contributed by atoms with Crippen molar-refractivity contribution in [3.8, 4) is 6.07 Å². The van der Waals surface area contributed by atoms with Crippen molar-refractivity contribution in [3.63, 3.8) is 0 Å². The maximum absolute atomic E-state index is 10.1. The van der Waals surface area contributed by atoms with Gasteiger partial charge in [-0.15, -0.1) is 0 Å². The number of hydrogen-bond donors (Lipinski definition) is 1. The number of hydrogen-bond acceptors (Lipinski definition) is 5. The van der Waals surface area contributed by atoms with Crippen molar-refractivity contribution in [2.24, 2.45) is 0 Å². The third-order valence-corrected chi connectivity index (χ3v) is 6.55. The normalized spacial score (nSPS) is 17.6. The van der Waals surface area contributed by atoms with Crippen molar-refractivity contribution in [2.75, 3.05) is 36.4 Å². The molecule has 1 aromatic carbocycles. The summed E-state index contributed by atoms with van der Waals surface area (Å²) in [5, 5.41) is 14.1. The minimum atomic E-state index is -0.242. The van der Waals surface area contributed by atoms with E-state index < -0.39 is 0 Å². The fourth-order valence-corrected chi connectivity index (χ4v) is 4.83. The standard InChI is InChI=1S/C25H31N5OS/c1-17(2)22-19(15-26)23(28-21-14-25(3,4)31-16-20(21)22)29-10-12-30(13-11-29)24(32)27-18-8-6-5-7-9-18/h5-9,17H,10-14,16H2,1-4H3,(H,27,32). The van der Waals surface area contributed by atoms with Crippen LogP contribution in [0.3, 0.4) is 0 Å². The lowest BCUT2D eigenvalue weighted by molar-refractivity contribution is -0.0417. The number of pyridine rings is 1. The Hall–Kier alpha value is -2.69. The first-order valence-corrected chi connectivity index (χ1v) is 11.7. The molecule has 168 valence electrons. The number of rotatable bonds is 3. The Bertz CT molecular complexity index is 1040. The summed E-state index contributed by atoms with van der Waals surface area (Å²) in [7, 11) is 0. The van der Waals surface area contributed by atoms with E-state index in [1.165, 1.54) is 0 Å². The first kappa shape index (κ1) is 22.5. The lowest BCUT2D eigenvalue weighted by Crippen LogP contribution is -2.50. The second-order valence-electron chi connectivity index (χ2n) is 9.41. The van der Waals surface area contributed by atoms with E-state index in [1.807, 2.05) is 30.3 Å². The number of benzene rings is 1. The van der Waals surface area contributed by atoms with Crippen LogP contribution in [0.15, 0.2) is 30.3 Å². The van der Waals surface area contributed by atoms with Gasteiger partial charge in [0.15, 0.2) is 5.11 Å². The number of aromatic nitrogens is 1. The summed E-state index contributed by atoms with van der Waals surface area (Å²) in [4.78, 5) is 9.47. The van der Waals surface area contributed by atoms with Crippen LogP contribution in [0.1, 0.15) is 56.0 Å². The molecule has 3 heterocycles. The van der Waals surface area contributed by atoms with Crippen molar-refractivity contribution in [3.05, 3.63) is 52.7 Å². The molecule has 1 aromatic heterocycles. The van der Waals surface area contributed by atoms with E-state index in [1.54, 1.807) is 0 Å². The van der Waals surface area contributed by atoms with E-state index in [-0.39, 0.29) is 11.5 Å². The van der Waals surface area contributed by atoms with Crippen LogP contribution in [-0.4, -0.2) is 46.8 Å².